The molecule has 2 nitrogen and oxygen atoms in total. The molecule has 0 radical (unpaired) electrons. The third-order valence-corrected chi connectivity index (χ3v) is 3.39. The normalized spacial score (nSPS) is 17.6. The number of hydrogen-bond donors (Lipinski definition) is 0. The molecule has 0 saturated heterocycles. The number of nitriles is 1. The van der Waals surface area contributed by atoms with Crippen LogP contribution in [0.1, 0.15) is 38.8 Å². The average Bonchev–Trinajstić information content (AvgIpc) is 2.96. The van der Waals surface area contributed by atoms with E-state index in [1.165, 1.54) is 6.07 Å². The summed E-state index contributed by atoms with van der Waals surface area (Å²) in [6.45, 7) is 7.56. The number of hydrogen-bond acceptors (Lipinski definition) is 2. The molecule has 1 unspecified atom stereocenters. The van der Waals surface area contributed by atoms with Crippen molar-refractivity contribution in [2.45, 2.75) is 46.4 Å². The number of nitrogens with zero attached hydrogens (tertiary/aromatic N) is 1. The summed E-state index contributed by atoms with van der Waals surface area (Å²) in [5.41, 5.74) is 1.19. The predicted octanol–water partition coefficient (Wildman–Crippen LogP) is 5.45. The number of rotatable bonds is 2. The molecular formula is C18H20F3NO. The Morgan fingerprint density at radius 2 is 2.00 bits per heavy atom. The molecule has 1 aromatic carbocycles. The van der Waals surface area contributed by atoms with Crippen LogP contribution in [0.5, 0.6) is 5.75 Å². The quantitative estimate of drug-likeness (QED) is 0.535. The van der Waals surface area contributed by atoms with Crippen molar-refractivity contribution in [2.24, 2.45) is 0 Å². The summed E-state index contributed by atoms with van der Waals surface area (Å²) in [5.74, 6) is 0.472. The van der Waals surface area contributed by atoms with Crippen molar-refractivity contribution < 1.29 is 17.9 Å². The molecule has 1 heterocycles. The van der Waals surface area contributed by atoms with Crippen LogP contribution in [-0.2, 0) is 12.6 Å². The molecule has 2 rings (SSSR count). The van der Waals surface area contributed by atoms with Crippen molar-refractivity contribution in [1.82, 2.24) is 0 Å². The van der Waals surface area contributed by atoms with Gasteiger partial charge in [-0.05, 0) is 49.3 Å². The summed E-state index contributed by atoms with van der Waals surface area (Å²) >= 11 is 0. The second-order valence-electron chi connectivity index (χ2n) is 4.88. The van der Waals surface area contributed by atoms with Crippen LogP contribution < -0.4 is 4.74 Å². The van der Waals surface area contributed by atoms with E-state index in [1.54, 1.807) is 19.1 Å². The van der Waals surface area contributed by atoms with Gasteiger partial charge in [0.1, 0.15) is 11.9 Å². The molecule has 1 atom stereocenters. The van der Waals surface area contributed by atoms with Gasteiger partial charge in [-0.3, -0.25) is 0 Å². The minimum atomic E-state index is -4.35. The molecule has 0 bridgehead atoms. The molecule has 0 amide bonds. The van der Waals surface area contributed by atoms with E-state index in [-0.39, 0.29) is 6.10 Å². The molecule has 1 aliphatic rings. The topological polar surface area (TPSA) is 33.0 Å². The maximum absolute atomic E-state index is 12.7. The summed E-state index contributed by atoms with van der Waals surface area (Å²) in [4.78, 5) is 0. The van der Waals surface area contributed by atoms with Gasteiger partial charge < -0.3 is 4.74 Å². The fourth-order valence-electron chi connectivity index (χ4n) is 2.20. The van der Waals surface area contributed by atoms with Crippen molar-refractivity contribution in [3.8, 4) is 11.8 Å². The summed E-state index contributed by atoms with van der Waals surface area (Å²) < 4.78 is 43.7. The zero-order chi connectivity index (χ0) is 17.6. The zero-order valence-corrected chi connectivity index (χ0v) is 13.7. The zero-order valence-electron chi connectivity index (χ0n) is 13.7. The molecule has 0 N–H and O–H groups in total. The number of halogens is 3. The van der Waals surface area contributed by atoms with E-state index in [4.69, 9.17) is 10.00 Å². The maximum atomic E-state index is 12.7. The van der Waals surface area contributed by atoms with Gasteiger partial charge in [-0.1, -0.05) is 19.9 Å². The monoisotopic (exact) mass is 323 g/mol. The van der Waals surface area contributed by atoms with Crippen LogP contribution in [0.25, 0.3) is 0 Å². The van der Waals surface area contributed by atoms with E-state index in [2.05, 4.69) is 0 Å². The highest BCUT2D eigenvalue weighted by Crippen LogP contribution is 2.37. The van der Waals surface area contributed by atoms with E-state index in [1.807, 2.05) is 26.8 Å². The first-order chi connectivity index (χ1) is 10.8. The van der Waals surface area contributed by atoms with Crippen molar-refractivity contribution in [1.29, 1.82) is 5.26 Å². The standard InChI is InChI=1S/C16H14F3NO.C2H6/c1-3-11(9-20)6-10(2)15-8-12-7-13(16(17,18)19)4-5-14(12)21-15;1-2/h3-7,15H,8H2,1-2H3;1-2H3/b10-6+,11-3+;. The molecule has 0 fully saturated rings. The third kappa shape index (κ3) is 4.62. The van der Waals surface area contributed by atoms with Crippen molar-refractivity contribution in [2.75, 3.05) is 0 Å². The van der Waals surface area contributed by atoms with Gasteiger partial charge in [-0.2, -0.15) is 18.4 Å². The van der Waals surface area contributed by atoms with Gasteiger partial charge in [0.05, 0.1) is 11.6 Å². The number of allylic oxidation sites excluding steroid dienone is 3. The summed E-state index contributed by atoms with van der Waals surface area (Å²) in [6, 6.07) is 5.54. The van der Waals surface area contributed by atoms with Crippen LogP contribution in [0, 0.1) is 11.3 Å². The summed E-state index contributed by atoms with van der Waals surface area (Å²) in [5, 5.41) is 8.89. The lowest BCUT2D eigenvalue weighted by atomic mass is 10.0. The Labute approximate surface area is 134 Å². The molecule has 1 aliphatic heterocycles. The van der Waals surface area contributed by atoms with Crippen LogP contribution in [0.2, 0.25) is 0 Å². The third-order valence-electron chi connectivity index (χ3n) is 3.39. The number of fused-ring (bicyclic) bond motifs is 1. The Balaban J connectivity index is 0.00000127. The maximum Gasteiger partial charge on any atom is 0.416 e. The Bertz CT molecular complexity index is 651. The smallest absolute Gasteiger partial charge is 0.416 e. The molecule has 124 valence electrons. The number of ether oxygens (including phenoxy) is 1. The van der Waals surface area contributed by atoms with Crippen LogP contribution >= 0.6 is 0 Å². The number of benzene rings is 1. The molecule has 1 aromatic rings. The van der Waals surface area contributed by atoms with E-state index < -0.39 is 11.7 Å². The van der Waals surface area contributed by atoms with Crippen molar-refractivity contribution in [3.63, 3.8) is 0 Å². The second kappa shape index (κ2) is 7.87. The molecule has 0 aromatic heterocycles. The molecule has 0 spiro atoms. The van der Waals surface area contributed by atoms with Crippen molar-refractivity contribution in [3.05, 3.63) is 52.6 Å². The van der Waals surface area contributed by atoms with Gasteiger partial charge in [-0.25, -0.2) is 0 Å². The van der Waals surface area contributed by atoms with Crippen LogP contribution in [0.15, 0.2) is 41.5 Å². The van der Waals surface area contributed by atoms with E-state index in [9.17, 15) is 13.2 Å². The second-order valence-corrected chi connectivity index (χ2v) is 4.88. The first kappa shape index (κ1) is 18.8. The minimum absolute atomic E-state index is 0.327. The largest absolute Gasteiger partial charge is 0.485 e. The fourth-order valence-corrected chi connectivity index (χ4v) is 2.20. The highest BCUT2D eigenvalue weighted by molar-refractivity contribution is 5.44. The highest BCUT2D eigenvalue weighted by Gasteiger charge is 2.33. The minimum Gasteiger partial charge on any atom is -0.485 e. The van der Waals surface area contributed by atoms with E-state index >= 15 is 0 Å². The fraction of sp³-hybridized carbons (Fsp3) is 0.389. The summed E-state index contributed by atoms with van der Waals surface area (Å²) in [7, 11) is 0. The highest BCUT2D eigenvalue weighted by atomic mass is 19.4. The van der Waals surface area contributed by atoms with E-state index in [0.717, 1.165) is 17.7 Å². The van der Waals surface area contributed by atoms with Gasteiger partial charge in [0.15, 0.2) is 0 Å². The van der Waals surface area contributed by atoms with Gasteiger partial charge in [0.2, 0.25) is 0 Å². The SMILES string of the molecule is C/C=C(C#N)\C=C(/C)C1Cc2cc(C(F)(F)F)ccc2O1.CC. The van der Waals surface area contributed by atoms with E-state index in [0.29, 0.717) is 23.3 Å². The Hall–Kier alpha value is -2.22. The average molecular weight is 323 g/mol. The lowest BCUT2D eigenvalue weighted by Gasteiger charge is -2.11. The first-order valence-electron chi connectivity index (χ1n) is 7.46. The number of alkyl halides is 3. The van der Waals surface area contributed by atoms with Gasteiger partial charge in [0.25, 0.3) is 0 Å². The van der Waals surface area contributed by atoms with Gasteiger partial charge in [-0.15, -0.1) is 0 Å². The lowest BCUT2D eigenvalue weighted by molar-refractivity contribution is -0.137. The Kier molecular flexibility index (Phi) is 6.44. The Morgan fingerprint density at radius 1 is 1.35 bits per heavy atom. The Morgan fingerprint density at radius 3 is 2.52 bits per heavy atom. The molecule has 0 aliphatic carbocycles. The predicted molar refractivity (Wildman–Crippen MR) is 84.0 cm³/mol. The van der Waals surface area contributed by atoms with Crippen LogP contribution in [0.4, 0.5) is 13.2 Å². The molecule has 0 saturated carbocycles. The molecular weight excluding hydrogens is 303 g/mol. The van der Waals surface area contributed by atoms with Gasteiger partial charge in [0, 0.05) is 12.0 Å². The van der Waals surface area contributed by atoms with Crippen LogP contribution in [0.3, 0.4) is 0 Å². The molecule has 23 heavy (non-hydrogen) atoms. The first-order valence-corrected chi connectivity index (χ1v) is 7.46. The molecule has 5 heteroatoms. The van der Waals surface area contributed by atoms with Crippen molar-refractivity contribution >= 4 is 0 Å². The van der Waals surface area contributed by atoms with Crippen LogP contribution in [-0.4, -0.2) is 6.10 Å². The lowest BCUT2D eigenvalue weighted by Crippen LogP contribution is -2.14. The van der Waals surface area contributed by atoms with Gasteiger partial charge >= 0.3 is 6.18 Å². The summed E-state index contributed by atoms with van der Waals surface area (Å²) in [6.07, 6.45) is -0.929.